The summed E-state index contributed by atoms with van der Waals surface area (Å²) < 4.78 is 5.09. The lowest BCUT2D eigenvalue weighted by Crippen LogP contribution is -2.48. The Morgan fingerprint density at radius 3 is 2.84 bits per heavy atom. The Bertz CT molecular complexity index is 666. The Kier molecular flexibility index (Phi) is 3.86. The lowest BCUT2D eigenvalue weighted by molar-refractivity contribution is -0.149. The van der Waals surface area contributed by atoms with Crippen LogP contribution in [-0.4, -0.2) is 25.5 Å². The van der Waals surface area contributed by atoms with Crippen molar-refractivity contribution in [2.45, 2.75) is 46.0 Å². The van der Waals surface area contributed by atoms with Gasteiger partial charge in [0.05, 0.1) is 13.0 Å². The minimum atomic E-state index is -0.0787. The quantitative estimate of drug-likeness (QED) is 0.587. The molecule has 2 saturated carbocycles. The third-order valence-corrected chi connectivity index (χ3v) is 7.91. The summed E-state index contributed by atoms with van der Waals surface area (Å²) in [5.41, 5.74) is 1.30. The minimum Gasteiger partial charge on any atom is -0.469 e. The highest BCUT2D eigenvalue weighted by atomic mass is 16.5. The van der Waals surface area contributed by atoms with E-state index in [2.05, 4.69) is 31.3 Å². The van der Waals surface area contributed by atoms with Gasteiger partial charge in [0.15, 0.2) is 0 Å². The van der Waals surface area contributed by atoms with Crippen molar-refractivity contribution in [1.82, 2.24) is 5.32 Å². The Morgan fingerprint density at radius 1 is 1.28 bits per heavy atom. The first-order valence-corrected chi connectivity index (χ1v) is 9.66. The second kappa shape index (κ2) is 5.72. The molecule has 0 aromatic carbocycles. The molecule has 1 amide bonds. The average Bonchev–Trinajstić information content (AvgIpc) is 2.85. The molecule has 0 radical (unpaired) electrons. The summed E-state index contributed by atoms with van der Waals surface area (Å²) in [6, 6.07) is 0. The van der Waals surface area contributed by atoms with E-state index in [4.69, 9.17) is 4.74 Å². The SMILES string of the molecule is COC(=O)[C@H]1CCC2C3CCC4=CC(=O)NCC[C@]4(C)C3C=C[C@@]21C. The number of carbonyl (C=O) groups is 2. The van der Waals surface area contributed by atoms with Gasteiger partial charge in [0.25, 0.3) is 0 Å². The average molecular weight is 343 g/mol. The first kappa shape index (κ1) is 16.9. The Balaban J connectivity index is 1.71. The number of methoxy groups -OCH3 is 1. The van der Waals surface area contributed by atoms with Crippen LogP contribution in [-0.2, 0) is 14.3 Å². The van der Waals surface area contributed by atoms with Crippen molar-refractivity contribution >= 4 is 11.9 Å². The molecule has 4 aliphatic rings. The van der Waals surface area contributed by atoms with Crippen molar-refractivity contribution in [2.24, 2.45) is 34.5 Å². The number of carbonyl (C=O) groups excluding carboxylic acids is 2. The van der Waals surface area contributed by atoms with Crippen LogP contribution in [0.3, 0.4) is 0 Å². The van der Waals surface area contributed by atoms with Crippen LogP contribution in [0.1, 0.15) is 46.0 Å². The van der Waals surface area contributed by atoms with Gasteiger partial charge in [-0.05, 0) is 55.3 Å². The molecule has 4 heteroatoms. The van der Waals surface area contributed by atoms with Crippen molar-refractivity contribution in [3.8, 4) is 0 Å². The van der Waals surface area contributed by atoms with E-state index in [1.165, 1.54) is 12.7 Å². The summed E-state index contributed by atoms with van der Waals surface area (Å²) >= 11 is 0. The molecule has 3 unspecified atom stereocenters. The number of nitrogens with one attached hydrogen (secondary N) is 1. The molecular weight excluding hydrogens is 314 g/mol. The first-order chi connectivity index (χ1) is 11.9. The molecule has 0 aromatic rings. The second-order valence-corrected chi connectivity index (χ2v) is 8.84. The summed E-state index contributed by atoms with van der Waals surface area (Å²) in [5, 5.41) is 3.00. The maximum Gasteiger partial charge on any atom is 0.309 e. The third-order valence-electron chi connectivity index (χ3n) is 7.91. The predicted molar refractivity (Wildman–Crippen MR) is 95.5 cm³/mol. The summed E-state index contributed by atoms with van der Waals surface area (Å²) in [6.45, 7) is 5.35. The van der Waals surface area contributed by atoms with Crippen LogP contribution in [0.2, 0.25) is 0 Å². The van der Waals surface area contributed by atoms with E-state index < -0.39 is 0 Å². The topological polar surface area (TPSA) is 55.4 Å². The maximum absolute atomic E-state index is 12.3. The van der Waals surface area contributed by atoms with Crippen LogP contribution < -0.4 is 5.32 Å². The van der Waals surface area contributed by atoms with Gasteiger partial charge in [0.2, 0.25) is 5.91 Å². The Morgan fingerprint density at radius 2 is 2.08 bits per heavy atom. The number of hydrogen-bond acceptors (Lipinski definition) is 3. The maximum atomic E-state index is 12.3. The molecule has 2 fully saturated rings. The summed E-state index contributed by atoms with van der Waals surface area (Å²) in [5.74, 6) is 1.60. The monoisotopic (exact) mass is 343 g/mol. The van der Waals surface area contributed by atoms with E-state index in [0.717, 1.165) is 38.6 Å². The van der Waals surface area contributed by atoms with Crippen molar-refractivity contribution in [3.63, 3.8) is 0 Å². The van der Waals surface area contributed by atoms with Crippen LogP contribution in [0, 0.1) is 34.5 Å². The number of ether oxygens (including phenoxy) is 1. The largest absolute Gasteiger partial charge is 0.469 e. The number of esters is 1. The summed E-state index contributed by atoms with van der Waals surface area (Å²) in [4.78, 5) is 24.3. The lowest BCUT2D eigenvalue weighted by atomic mass is 9.50. The summed E-state index contributed by atoms with van der Waals surface area (Å²) in [7, 11) is 1.50. The molecule has 25 heavy (non-hydrogen) atoms. The lowest BCUT2D eigenvalue weighted by Gasteiger charge is -2.54. The molecule has 0 saturated heterocycles. The molecule has 4 rings (SSSR count). The van der Waals surface area contributed by atoms with Crippen LogP contribution in [0.15, 0.2) is 23.8 Å². The van der Waals surface area contributed by atoms with Crippen molar-refractivity contribution in [1.29, 1.82) is 0 Å². The molecule has 0 aromatic heterocycles. The zero-order valence-electron chi connectivity index (χ0n) is 15.5. The van der Waals surface area contributed by atoms with Gasteiger partial charge in [-0.2, -0.15) is 0 Å². The normalized spacial score (nSPS) is 45.4. The number of allylic oxidation sites excluding steroid dienone is 3. The van der Waals surface area contributed by atoms with Gasteiger partial charge in [0, 0.05) is 18.0 Å². The number of amides is 1. The molecule has 0 spiro atoms. The van der Waals surface area contributed by atoms with Gasteiger partial charge in [0.1, 0.15) is 0 Å². The van der Waals surface area contributed by atoms with Crippen molar-refractivity contribution in [2.75, 3.05) is 13.7 Å². The fourth-order valence-corrected chi connectivity index (χ4v) is 6.47. The number of hydrogen-bond donors (Lipinski definition) is 1. The molecule has 1 aliphatic heterocycles. The molecular formula is C21H29NO3. The number of rotatable bonds is 1. The third kappa shape index (κ3) is 2.32. The Labute approximate surface area is 150 Å². The zero-order chi connectivity index (χ0) is 17.8. The molecule has 3 aliphatic carbocycles. The Hall–Kier alpha value is -1.58. The van der Waals surface area contributed by atoms with Gasteiger partial charge in [-0.15, -0.1) is 0 Å². The van der Waals surface area contributed by atoms with Crippen LogP contribution >= 0.6 is 0 Å². The fraction of sp³-hybridized carbons (Fsp3) is 0.714. The molecule has 0 bridgehead atoms. The van der Waals surface area contributed by atoms with E-state index >= 15 is 0 Å². The minimum absolute atomic E-state index is 0.0122. The van der Waals surface area contributed by atoms with Gasteiger partial charge in [-0.3, -0.25) is 9.59 Å². The predicted octanol–water partition coefficient (Wildman–Crippen LogP) is 3.24. The van der Waals surface area contributed by atoms with Gasteiger partial charge >= 0.3 is 5.97 Å². The fourth-order valence-electron chi connectivity index (χ4n) is 6.47. The van der Waals surface area contributed by atoms with E-state index in [1.54, 1.807) is 0 Å². The van der Waals surface area contributed by atoms with Crippen molar-refractivity contribution in [3.05, 3.63) is 23.8 Å². The van der Waals surface area contributed by atoms with Gasteiger partial charge < -0.3 is 10.1 Å². The van der Waals surface area contributed by atoms with E-state index in [1.807, 2.05) is 6.08 Å². The van der Waals surface area contributed by atoms with Crippen LogP contribution in [0.5, 0.6) is 0 Å². The summed E-state index contributed by atoms with van der Waals surface area (Å²) in [6.07, 6.45) is 11.7. The van der Waals surface area contributed by atoms with E-state index in [0.29, 0.717) is 17.8 Å². The van der Waals surface area contributed by atoms with Gasteiger partial charge in [-0.1, -0.05) is 31.6 Å². The first-order valence-electron chi connectivity index (χ1n) is 9.66. The standard InChI is InChI=1S/C21H29NO3/c1-20-10-11-22-18(23)12-13(20)4-5-14-15-6-7-17(19(24)25-3)21(15,2)9-8-16(14)20/h8-9,12,14-17H,4-7,10-11H2,1-3H3,(H,22,23)/t14?,15?,16?,17-,20+,21+/m1/s1. The van der Waals surface area contributed by atoms with Crippen molar-refractivity contribution < 1.29 is 14.3 Å². The second-order valence-electron chi connectivity index (χ2n) is 8.84. The molecule has 1 heterocycles. The molecule has 136 valence electrons. The number of fused-ring (bicyclic) bond motifs is 5. The highest BCUT2D eigenvalue weighted by Gasteiger charge is 2.58. The zero-order valence-corrected chi connectivity index (χ0v) is 15.5. The highest BCUT2D eigenvalue weighted by molar-refractivity contribution is 5.88. The van der Waals surface area contributed by atoms with Crippen LogP contribution in [0.4, 0.5) is 0 Å². The van der Waals surface area contributed by atoms with Crippen LogP contribution in [0.25, 0.3) is 0 Å². The molecule has 4 nitrogen and oxygen atoms in total. The smallest absolute Gasteiger partial charge is 0.309 e. The molecule has 1 N–H and O–H groups in total. The highest BCUT2D eigenvalue weighted by Crippen LogP contribution is 2.63. The molecule has 6 atom stereocenters. The van der Waals surface area contributed by atoms with E-state index in [-0.39, 0.29) is 28.6 Å². The van der Waals surface area contributed by atoms with Gasteiger partial charge in [-0.25, -0.2) is 0 Å². The van der Waals surface area contributed by atoms with E-state index in [9.17, 15) is 9.59 Å².